The fraction of sp³-hybridized carbons (Fsp3) is 0.267. The van der Waals surface area contributed by atoms with Crippen LogP contribution in [-0.4, -0.2) is 53.5 Å². The minimum Gasteiger partial charge on any atom is -0.507 e. The maximum Gasteiger partial charge on any atom is 0.273 e. The van der Waals surface area contributed by atoms with Crippen molar-refractivity contribution in [3.63, 3.8) is 0 Å². The topological polar surface area (TPSA) is 96.9 Å². The van der Waals surface area contributed by atoms with Crippen molar-refractivity contribution < 1.29 is 24.1 Å². The maximum absolute atomic E-state index is 13.5. The highest BCUT2D eigenvalue weighted by Crippen LogP contribution is 2.46. The predicted molar refractivity (Wildman–Crippen MR) is 144 cm³/mol. The monoisotopic (exact) mass is 513 g/mol. The number of hydrogen-bond acceptors (Lipinski definition) is 6. The zero-order chi connectivity index (χ0) is 26.8. The van der Waals surface area contributed by atoms with Gasteiger partial charge in [0.25, 0.3) is 5.91 Å². The van der Waals surface area contributed by atoms with E-state index in [9.17, 15) is 9.90 Å². The molecule has 0 bridgehead atoms. The number of hydrogen-bond donors (Lipinski definition) is 2. The second-order valence-electron chi connectivity index (χ2n) is 9.42. The van der Waals surface area contributed by atoms with Crippen molar-refractivity contribution in [3.05, 3.63) is 94.2 Å². The summed E-state index contributed by atoms with van der Waals surface area (Å²) in [5, 5.41) is 18.3. The first-order valence-electron chi connectivity index (χ1n) is 12.5. The zero-order valence-electron chi connectivity index (χ0n) is 21.9. The third-order valence-corrected chi connectivity index (χ3v) is 6.84. The molecule has 0 saturated heterocycles. The van der Waals surface area contributed by atoms with Gasteiger partial charge in [-0.2, -0.15) is 5.10 Å². The number of fused-ring (bicyclic) bond motifs is 1. The van der Waals surface area contributed by atoms with Crippen molar-refractivity contribution in [1.29, 1.82) is 0 Å². The number of aromatic amines is 1. The van der Waals surface area contributed by atoms with Crippen LogP contribution < -0.4 is 9.47 Å². The number of aromatic nitrogens is 2. The third kappa shape index (κ3) is 4.59. The molecular weight excluding hydrogens is 482 g/mol. The fourth-order valence-electron chi connectivity index (χ4n) is 5.12. The van der Waals surface area contributed by atoms with Gasteiger partial charge in [0, 0.05) is 24.8 Å². The predicted octanol–water partition coefficient (Wildman–Crippen LogP) is 5.18. The molecule has 4 aromatic rings. The molecule has 8 heteroatoms. The highest BCUT2D eigenvalue weighted by molar-refractivity contribution is 6.00. The summed E-state index contributed by atoms with van der Waals surface area (Å²) >= 11 is 0. The van der Waals surface area contributed by atoms with Gasteiger partial charge in [-0.05, 0) is 54.3 Å². The first-order valence-corrected chi connectivity index (χ1v) is 12.5. The normalized spacial score (nSPS) is 14.6. The van der Waals surface area contributed by atoms with Gasteiger partial charge in [-0.15, -0.1) is 0 Å². The van der Waals surface area contributed by atoms with Gasteiger partial charge in [0.05, 0.1) is 19.8 Å². The van der Waals surface area contributed by atoms with Crippen molar-refractivity contribution in [2.75, 3.05) is 27.4 Å². The lowest BCUT2D eigenvalue weighted by atomic mass is 9.93. The molecule has 1 aromatic heterocycles. The van der Waals surface area contributed by atoms with E-state index in [0.29, 0.717) is 53.8 Å². The van der Waals surface area contributed by atoms with E-state index in [1.807, 2.05) is 68.4 Å². The van der Waals surface area contributed by atoms with Gasteiger partial charge in [0.2, 0.25) is 0 Å². The van der Waals surface area contributed by atoms with Gasteiger partial charge in [0.15, 0.2) is 11.5 Å². The van der Waals surface area contributed by atoms with Crippen molar-refractivity contribution >= 4 is 5.91 Å². The SMILES string of the molecule is COCCN1C(=O)c2[nH]nc(-c3c(C)cc(C)cc3O)c2C1c1ccc(OCc2ccccc2)c(OC)c1. The van der Waals surface area contributed by atoms with Crippen LogP contribution in [0.5, 0.6) is 17.2 Å². The number of phenols is 1. The Kier molecular flexibility index (Phi) is 7.07. The first kappa shape index (κ1) is 25.4. The Hall–Kier alpha value is -4.30. The lowest BCUT2D eigenvalue weighted by molar-refractivity contribution is 0.0677. The highest BCUT2D eigenvalue weighted by atomic mass is 16.5. The molecule has 1 amide bonds. The van der Waals surface area contributed by atoms with Gasteiger partial charge in [-0.1, -0.05) is 42.5 Å². The van der Waals surface area contributed by atoms with Crippen LogP contribution in [0.2, 0.25) is 0 Å². The summed E-state index contributed by atoms with van der Waals surface area (Å²) in [6, 6.07) is 18.9. The van der Waals surface area contributed by atoms with Gasteiger partial charge < -0.3 is 24.2 Å². The smallest absolute Gasteiger partial charge is 0.273 e. The second kappa shape index (κ2) is 10.6. The van der Waals surface area contributed by atoms with Crippen LogP contribution in [0.15, 0.2) is 60.7 Å². The molecule has 5 rings (SSSR count). The maximum atomic E-state index is 13.5. The van der Waals surface area contributed by atoms with E-state index < -0.39 is 6.04 Å². The molecule has 1 unspecified atom stereocenters. The number of carbonyl (C=O) groups excluding carboxylic acids is 1. The number of nitrogens with zero attached hydrogens (tertiary/aromatic N) is 2. The van der Waals surface area contributed by atoms with Crippen LogP contribution >= 0.6 is 0 Å². The number of H-pyrrole nitrogens is 1. The molecule has 1 aliphatic rings. The molecule has 0 spiro atoms. The molecule has 3 aromatic carbocycles. The van der Waals surface area contributed by atoms with E-state index in [1.54, 1.807) is 25.2 Å². The Morgan fingerprint density at radius 1 is 1.03 bits per heavy atom. The largest absolute Gasteiger partial charge is 0.507 e. The van der Waals surface area contributed by atoms with E-state index in [2.05, 4.69) is 10.2 Å². The number of phenolic OH excluding ortho intramolecular Hbond substituents is 1. The van der Waals surface area contributed by atoms with Crippen LogP contribution in [0.1, 0.15) is 44.3 Å². The number of aryl methyl sites for hydroxylation is 2. The molecule has 2 N–H and O–H groups in total. The molecule has 0 saturated carbocycles. The Morgan fingerprint density at radius 3 is 2.53 bits per heavy atom. The number of rotatable bonds is 9. The highest BCUT2D eigenvalue weighted by Gasteiger charge is 2.42. The molecule has 8 nitrogen and oxygen atoms in total. The molecule has 1 aliphatic heterocycles. The summed E-state index contributed by atoms with van der Waals surface area (Å²) in [7, 11) is 3.21. The molecule has 38 heavy (non-hydrogen) atoms. The molecular formula is C30H31N3O5. The van der Waals surface area contributed by atoms with E-state index >= 15 is 0 Å². The van der Waals surface area contributed by atoms with Gasteiger partial charge in [-0.3, -0.25) is 9.89 Å². The van der Waals surface area contributed by atoms with E-state index in [-0.39, 0.29) is 11.7 Å². The number of aromatic hydroxyl groups is 1. The van der Waals surface area contributed by atoms with Crippen molar-refractivity contribution in [2.45, 2.75) is 26.5 Å². The molecule has 0 aliphatic carbocycles. The minimum absolute atomic E-state index is 0.126. The molecule has 0 fully saturated rings. The van der Waals surface area contributed by atoms with Crippen LogP contribution in [0.4, 0.5) is 0 Å². The van der Waals surface area contributed by atoms with E-state index in [4.69, 9.17) is 14.2 Å². The van der Waals surface area contributed by atoms with Crippen molar-refractivity contribution in [1.82, 2.24) is 15.1 Å². The van der Waals surface area contributed by atoms with Gasteiger partial charge in [-0.25, -0.2) is 0 Å². The molecule has 1 atom stereocenters. The van der Waals surface area contributed by atoms with Gasteiger partial charge >= 0.3 is 0 Å². The summed E-state index contributed by atoms with van der Waals surface area (Å²) in [6.07, 6.45) is 0. The Bertz CT molecular complexity index is 1440. The number of ether oxygens (including phenoxy) is 3. The quantitative estimate of drug-likeness (QED) is 0.320. The van der Waals surface area contributed by atoms with Crippen molar-refractivity contribution in [3.8, 4) is 28.5 Å². The van der Waals surface area contributed by atoms with Crippen LogP contribution in [0.25, 0.3) is 11.3 Å². The number of amides is 1. The summed E-state index contributed by atoms with van der Waals surface area (Å²) in [6.45, 7) is 5.02. The Balaban J connectivity index is 1.58. The van der Waals surface area contributed by atoms with E-state index in [1.165, 1.54) is 0 Å². The van der Waals surface area contributed by atoms with Crippen LogP contribution in [-0.2, 0) is 11.3 Å². The minimum atomic E-state index is -0.460. The summed E-state index contributed by atoms with van der Waals surface area (Å²) < 4.78 is 17.1. The second-order valence-corrected chi connectivity index (χ2v) is 9.42. The zero-order valence-corrected chi connectivity index (χ0v) is 21.9. The fourth-order valence-corrected chi connectivity index (χ4v) is 5.12. The standard InChI is InChI=1S/C30H31N3O5/c1-18-14-19(2)25(22(34)15-18)27-26-28(32-31-27)30(35)33(12-13-36-3)29(26)21-10-11-23(24(16-21)37-4)38-17-20-8-6-5-7-9-20/h5-11,14-16,29,34H,12-13,17H2,1-4H3,(H,31,32). The molecule has 2 heterocycles. The average molecular weight is 514 g/mol. The average Bonchev–Trinajstić information content (AvgIpc) is 3.44. The first-order chi connectivity index (χ1) is 18.4. The van der Waals surface area contributed by atoms with E-state index in [0.717, 1.165) is 22.3 Å². The summed E-state index contributed by atoms with van der Waals surface area (Å²) in [5.74, 6) is 1.12. The number of benzene rings is 3. The Labute approximate surface area is 221 Å². The third-order valence-electron chi connectivity index (χ3n) is 6.84. The summed E-state index contributed by atoms with van der Waals surface area (Å²) in [4.78, 5) is 15.3. The Morgan fingerprint density at radius 2 is 1.82 bits per heavy atom. The van der Waals surface area contributed by atoms with Crippen molar-refractivity contribution in [2.24, 2.45) is 0 Å². The lowest BCUT2D eigenvalue weighted by Gasteiger charge is -2.27. The molecule has 0 radical (unpaired) electrons. The number of nitrogens with one attached hydrogen (secondary N) is 1. The lowest BCUT2D eigenvalue weighted by Crippen LogP contribution is -2.32. The molecule has 196 valence electrons. The summed E-state index contributed by atoms with van der Waals surface area (Å²) in [5.41, 5.74) is 5.99. The van der Waals surface area contributed by atoms with Crippen LogP contribution in [0.3, 0.4) is 0 Å². The number of carbonyl (C=O) groups is 1. The van der Waals surface area contributed by atoms with Gasteiger partial charge in [0.1, 0.15) is 23.7 Å². The number of methoxy groups -OCH3 is 2. The van der Waals surface area contributed by atoms with Crippen LogP contribution in [0, 0.1) is 13.8 Å².